The van der Waals surface area contributed by atoms with Gasteiger partial charge in [-0.1, -0.05) is 29.4 Å². The highest BCUT2D eigenvalue weighted by molar-refractivity contribution is 5.63. The van der Waals surface area contributed by atoms with Gasteiger partial charge < -0.3 is 20.3 Å². The van der Waals surface area contributed by atoms with Crippen LogP contribution < -0.4 is 15.8 Å². The van der Waals surface area contributed by atoms with Crippen molar-refractivity contribution in [1.82, 2.24) is 25.1 Å². The summed E-state index contributed by atoms with van der Waals surface area (Å²) in [6.07, 6.45) is 0.121. The fraction of sp³-hybridized carbons (Fsp3) is 0.105. The second-order valence-corrected chi connectivity index (χ2v) is 5.93. The van der Waals surface area contributed by atoms with E-state index in [9.17, 15) is 4.39 Å². The second-order valence-electron chi connectivity index (χ2n) is 5.93. The summed E-state index contributed by atoms with van der Waals surface area (Å²) in [6, 6.07) is 13.8. The number of nitrogens with one attached hydrogen (secondary N) is 1. The first kappa shape index (κ1) is 18.3. The molecule has 0 aliphatic carbocycles. The highest BCUT2D eigenvalue weighted by Crippen LogP contribution is 2.31. The summed E-state index contributed by atoms with van der Waals surface area (Å²) in [6.45, 7) is 0. The Morgan fingerprint density at radius 1 is 1.00 bits per heavy atom. The van der Waals surface area contributed by atoms with Crippen molar-refractivity contribution in [2.24, 2.45) is 0 Å². The minimum Gasteiger partial charge on any atom is -0.496 e. The standard InChI is InChI=1S/C19H16FN7O2/c1-28-13-9-5-8-12(20)16(13)17-23-15(27-29-17)10-14-24-18(21)26-19(25-14)22-11-6-3-2-4-7-11/h2-9H,10H2,1H3,(H3,21,22,24,25,26). The van der Waals surface area contributed by atoms with Crippen LogP contribution in [0.15, 0.2) is 53.1 Å². The van der Waals surface area contributed by atoms with Crippen LogP contribution in [0.2, 0.25) is 0 Å². The molecule has 146 valence electrons. The largest absolute Gasteiger partial charge is 0.496 e. The summed E-state index contributed by atoms with van der Waals surface area (Å²) >= 11 is 0. The first-order valence-corrected chi connectivity index (χ1v) is 8.60. The molecule has 0 amide bonds. The molecule has 3 N–H and O–H groups in total. The lowest BCUT2D eigenvalue weighted by molar-refractivity contribution is 0.398. The molecule has 0 saturated heterocycles. The average Bonchev–Trinajstić information content (AvgIpc) is 3.15. The number of benzene rings is 2. The third kappa shape index (κ3) is 4.10. The number of aromatic nitrogens is 5. The van der Waals surface area contributed by atoms with Gasteiger partial charge in [-0.25, -0.2) is 4.39 Å². The van der Waals surface area contributed by atoms with Gasteiger partial charge in [-0.05, 0) is 24.3 Å². The van der Waals surface area contributed by atoms with Crippen LogP contribution in [0, 0.1) is 5.82 Å². The third-order valence-corrected chi connectivity index (χ3v) is 3.92. The molecule has 29 heavy (non-hydrogen) atoms. The lowest BCUT2D eigenvalue weighted by Gasteiger charge is -2.06. The number of para-hydroxylation sites is 1. The number of hydrogen-bond acceptors (Lipinski definition) is 9. The quantitative estimate of drug-likeness (QED) is 0.508. The van der Waals surface area contributed by atoms with Crippen LogP contribution in [0.5, 0.6) is 5.75 Å². The number of rotatable bonds is 6. The molecule has 2 aromatic heterocycles. The number of nitrogen functional groups attached to an aromatic ring is 1. The molecule has 2 heterocycles. The summed E-state index contributed by atoms with van der Waals surface area (Å²) in [5.74, 6) is 0.702. The Morgan fingerprint density at radius 2 is 1.83 bits per heavy atom. The van der Waals surface area contributed by atoms with E-state index < -0.39 is 5.82 Å². The first-order chi connectivity index (χ1) is 14.1. The van der Waals surface area contributed by atoms with E-state index in [0.29, 0.717) is 11.6 Å². The number of ether oxygens (including phenoxy) is 1. The van der Waals surface area contributed by atoms with Crippen molar-refractivity contribution < 1.29 is 13.7 Å². The highest BCUT2D eigenvalue weighted by atomic mass is 19.1. The van der Waals surface area contributed by atoms with Crippen LogP contribution in [0.3, 0.4) is 0 Å². The molecule has 10 heteroatoms. The zero-order valence-electron chi connectivity index (χ0n) is 15.3. The third-order valence-electron chi connectivity index (χ3n) is 3.92. The van der Waals surface area contributed by atoms with E-state index in [-0.39, 0.29) is 35.6 Å². The van der Waals surface area contributed by atoms with E-state index in [1.807, 2.05) is 30.3 Å². The van der Waals surface area contributed by atoms with E-state index in [2.05, 4.69) is 30.4 Å². The molecule has 4 aromatic rings. The van der Waals surface area contributed by atoms with Gasteiger partial charge in [-0.2, -0.15) is 19.9 Å². The topological polar surface area (TPSA) is 125 Å². The van der Waals surface area contributed by atoms with Crippen LogP contribution in [0.1, 0.15) is 11.6 Å². The molecule has 0 radical (unpaired) electrons. The molecular formula is C19H16FN7O2. The Labute approximate surface area is 164 Å². The average molecular weight is 393 g/mol. The lowest BCUT2D eigenvalue weighted by Crippen LogP contribution is -2.08. The Kier molecular flexibility index (Phi) is 4.97. The Hall–Kier alpha value is -4.08. The Bertz CT molecular complexity index is 1130. The van der Waals surface area contributed by atoms with Gasteiger partial charge in [-0.3, -0.25) is 0 Å². The number of methoxy groups -OCH3 is 1. The number of hydrogen-bond donors (Lipinski definition) is 2. The molecule has 0 aliphatic rings. The van der Waals surface area contributed by atoms with Crippen molar-refractivity contribution >= 4 is 17.6 Å². The molecule has 9 nitrogen and oxygen atoms in total. The number of anilines is 3. The zero-order valence-corrected chi connectivity index (χ0v) is 15.3. The molecule has 0 bridgehead atoms. The van der Waals surface area contributed by atoms with Gasteiger partial charge >= 0.3 is 0 Å². The van der Waals surface area contributed by atoms with Gasteiger partial charge in [0.15, 0.2) is 5.82 Å². The van der Waals surface area contributed by atoms with Gasteiger partial charge in [0, 0.05) is 5.69 Å². The first-order valence-electron chi connectivity index (χ1n) is 8.60. The maximum atomic E-state index is 14.2. The van der Waals surface area contributed by atoms with Crippen molar-refractivity contribution in [3.63, 3.8) is 0 Å². The van der Waals surface area contributed by atoms with Gasteiger partial charge in [0.2, 0.25) is 11.9 Å². The van der Waals surface area contributed by atoms with Crippen LogP contribution in [0.25, 0.3) is 11.5 Å². The summed E-state index contributed by atoms with van der Waals surface area (Å²) in [4.78, 5) is 16.7. The maximum absolute atomic E-state index is 14.2. The van der Waals surface area contributed by atoms with Crippen LogP contribution in [0.4, 0.5) is 22.0 Å². The minimum absolute atomic E-state index is 0.000359. The van der Waals surface area contributed by atoms with Crippen molar-refractivity contribution in [2.45, 2.75) is 6.42 Å². The van der Waals surface area contributed by atoms with E-state index in [4.69, 9.17) is 15.0 Å². The smallest absolute Gasteiger partial charge is 0.264 e. The monoisotopic (exact) mass is 393 g/mol. The van der Waals surface area contributed by atoms with Crippen LogP contribution >= 0.6 is 0 Å². The molecule has 0 unspecified atom stereocenters. The van der Waals surface area contributed by atoms with E-state index in [0.717, 1.165) is 5.69 Å². The molecule has 0 atom stereocenters. The van der Waals surface area contributed by atoms with Crippen molar-refractivity contribution in [3.05, 3.63) is 66.0 Å². The van der Waals surface area contributed by atoms with Crippen LogP contribution in [-0.4, -0.2) is 32.2 Å². The van der Waals surface area contributed by atoms with Crippen molar-refractivity contribution in [2.75, 3.05) is 18.2 Å². The SMILES string of the molecule is COc1cccc(F)c1-c1nc(Cc2nc(N)nc(Nc3ccccc3)n2)no1. The molecule has 0 aliphatic heterocycles. The van der Waals surface area contributed by atoms with Gasteiger partial charge in [-0.15, -0.1) is 0 Å². The summed E-state index contributed by atoms with van der Waals surface area (Å²) in [7, 11) is 1.43. The molecule has 4 rings (SSSR count). The van der Waals surface area contributed by atoms with Crippen LogP contribution in [-0.2, 0) is 6.42 Å². The number of halogens is 1. The highest BCUT2D eigenvalue weighted by Gasteiger charge is 2.19. The predicted molar refractivity (Wildman–Crippen MR) is 103 cm³/mol. The minimum atomic E-state index is -0.529. The number of nitrogens with zero attached hydrogens (tertiary/aromatic N) is 5. The normalized spacial score (nSPS) is 10.7. The van der Waals surface area contributed by atoms with E-state index in [1.54, 1.807) is 6.07 Å². The van der Waals surface area contributed by atoms with Crippen molar-refractivity contribution in [3.8, 4) is 17.2 Å². The molecule has 0 saturated carbocycles. The molecule has 0 spiro atoms. The summed E-state index contributed by atoms with van der Waals surface area (Å²) in [5, 5.41) is 6.93. The zero-order chi connectivity index (χ0) is 20.2. The second kappa shape index (κ2) is 7.89. The summed E-state index contributed by atoms with van der Waals surface area (Å²) < 4.78 is 24.6. The van der Waals surface area contributed by atoms with Gasteiger partial charge in [0.05, 0.1) is 13.5 Å². The molecular weight excluding hydrogens is 377 g/mol. The predicted octanol–water partition coefficient (Wildman–Crippen LogP) is 2.99. The fourth-order valence-corrected chi connectivity index (χ4v) is 2.67. The number of nitrogens with two attached hydrogens (primary N) is 1. The van der Waals surface area contributed by atoms with Gasteiger partial charge in [0.1, 0.15) is 23.0 Å². The molecule has 2 aromatic carbocycles. The van der Waals surface area contributed by atoms with Gasteiger partial charge in [0.25, 0.3) is 5.89 Å². The fourth-order valence-electron chi connectivity index (χ4n) is 2.67. The lowest BCUT2D eigenvalue weighted by atomic mass is 10.2. The van der Waals surface area contributed by atoms with Crippen molar-refractivity contribution in [1.29, 1.82) is 0 Å². The summed E-state index contributed by atoms with van der Waals surface area (Å²) in [5.41, 5.74) is 6.68. The maximum Gasteiger partial charge on any atom is 0.264 e. The Morgan fingerprint density at radius 3 is 2.62 bits per heavy atom. The Balaban J connectivity index is 1.58. The van der Waals surface area contributed by atoms with E-state index >= 15 is 0 Å². The molecule has 0 fully saturated rings. The van der Waals surface area contributed by atoms with E-state index in [1.165, 1.54) is 19.2 Å².